The van der Waals surface area contributed by atoms with Gasteiger partial charge < -0.3 is 4.74 Å². The molecular weight excluding hydrogens is 179 g/mol. The molecule has 0 atom stereocenters. The number of halogens is 1. The lowest BCUT2D eigenvalue weighted by atomic mass is 9.97. The molecule has 0 unspecified atom stereocenters. The second kappa shape index (κ2) is 3.60. The van der Waals surface area contributed by atoms with Crippen LogP contribution in [-0.4, -0.2) is 6.61 Å². The van der Waals surface area contributed by atoms with E-state index in [1.165, 1.54) is 0 Å². The van der Waals surface area contributed by atoms with Crippen LogP contribution < -0.4 is 4.74 Å². The Bertz CT molecular complexity index is 344. The lowest BCUT2D eigenvalue weighted by Crippen LogP contribution is -2.10. The lowest BCUT2D eigenvalue weighted by molar-refractivity contribution is 0.273. The van der Waals surface area contributed by atoms with Gasteiger partial charge in [0.05, 0.1) is 6.61 Å². The summed E-state index contributed by atoms with van der Waals surface area (Å²) in [6.45, 7) is 4.79. The maximum absolute atomic E-state index is 13.6. The number of aryl methyl sites for hydroxylation is 1. The van der Waals surface area contributed by atoms with Crippen molar-refractivity contribution in [1.29, 1.82) is 0 Å². The van der Waals surface area contributed by atoms with Gasteiger partial charge in [0.25, 0.3) is 0 Å². The zero-order chi connectivity index (χ0) is 10.1. The Kier molecular flexibility index (Phi) is 2.44. The standard InChI is InChI=1S/C12H15FO/c1-8(2)10-6-9-4-3-5-14-12(9)11(13)7-10/h6-8H,3-5H2,1-2H3. The summed E-state index contributed by atoms with van der Waals surface area (Å²) in [6, 6.07) is 3.66. The van der Waals surface area contributed by atoms with Crippen LogP contribution >= 0.6 is 0 Å². The van der Waals surface area contributed by atoms with Crippen molar-refractivity contribution in [3.05, 3.63) is 29.1 Å². The number of benzene rings is 1. The van der Waals surface area contributed by atoms with Crippen molar-refractivity contribution in [2.75, 3.05) is 6.61 Å². The first-order valence-electron chi connectivity index (χ1n) is 5.13. The highest BCUT2D eigenvalue weighted by Crippen LogP contribution is 2.31. The van der Waals surface area contributed by atoms with E-state index in [9.17, 15) is 4.39 Å². The monoisotopic (exact) mass is 194 g/mol. The first-order chi connectivity index (χ1) is 6.68. The third-order valence-electron chi connectivity index (χ3n) is 2.65. The molecule has 0 saturated carbocycles. The largest absolute Gasteiger partial charge is 0.490 e. The fraction of sp³-hybridized carbons (Fsp3) is 0.500. The normalized spacial score (nSPS) is 15.1. The second-order valence-electron chi connectivity index (χ2n) is 4.10. The summed E-state index contributed by atoms with van der Waals surface area (Å²) < 4.78 is 18.9. The summed E-state index contributed by atoms with van der Waals surface area (Å²) >= 11 is 0. The first-order valence-corrected chi connectivity index (χ1v) is 5.13. The highest BCUT2D eigenvalue weighted by Gasteiger charge is 2.16. The van der Waals surface area contributed by atoms with Gasteiger partial charge >= 0.3 is 0 Å². The quantitative estimate of drug-likeness (QED) is 0.666. The van der Waals surface area contributed by atoms with Gasteiger partial charge in [-0.3, -0.25) is 0 Å². The van der Waals surface area contributed by atoms with Crippen LogP contribution in [0.3, 0.4) is 0 Å². The Hall–Kier alpha value is -1.05. The fourth-order valence-corrected chi connectivity index (χ4v) is 1.79. The van der Waals surface area contributed by atoms with Crippen LogP contribution in [0.2, 0.25) is 0 Å². The number of fused-ring (bicyclic) bond motifs is 1. The van der Waals surface area contributed by atoms with Crippen molar-refractivity contribution >= 4 is 0 Å². The van der Waals surface area contributed by atoms with Crippen molar-refractivity contribution < 1.29 is 9.13 Å². The molecule has 0 radical (unpaired) electrons. The van der Waals surface area contributed by atoms with Crippen LogP contribution in [0.5, 0.6) is 5.75 Å². The molecule has 0 spiro atoms. The van der Waals surface area contributed by atoms with Crippen LogP contribution in [-0.2, 0) is 6.42 Å². The van der Waals surface area contributed by atoms with E-state index in [1.54, 1.807) is 6.07 Å². The predicted octanol–water partition coefficient (Wildman–Crippen LogP) is 3.27. The smallest absolute Gasteiger partial charge is 0.165 e. The van der Waals surface area contributed by atoms with Gasteiger partial charge in [-0.05, 0) is 36.0 Å². The minimum Gasteiger partial charge on any atom is -0.490 e. The van der Waals surface area contributed by atoms with Crippen molar-refractivity contribution in [1.82, 2.24) is 0 Å². The van der Waals surface area contributed by atoms with E-state index in [0.29, 0.717) is 18.3 Å². The molecule has 1 heterocycles. The van der Waals surface area contributed by atoms with Gasteiger partial charge in [-0.1, -0.05) is 19.9 Å². The molecule has 0 bridgehead atoms. The molecule has 1 aliphatic rings. The number of rotatable bonds is 1. The van der Waals surface area contributed by atoms with Gasteiger partial charge in [-0.2, -0.15) is 0 Å². The molecular formula is C12H15FO. The molecule has 1 aromatic carbocycles. The molecule has 0 aliphatic carbocycles. The van der Waals surface area contributed by atoms with Crippen LogP contribution in [0.4, 0.5) is 4.39 Å². The first kappa shape index (κ1) is 9.50. The fourth-order valence-electron chi connectivity index (χ4n) is 1.79. The minimum atomic E-state index is -0.203. The number of hydrogen-bond acceptors (Lipinski definition) is 1. The van der Waals surface area contributed by atoms with E-state index in [1.807, 2.05) is 0 Å². The minimum absolute atomic E-state index is 0.203. The third kappa shape index (κ3) is 1.61. The topological polar surface area (TPSA) is 9.23 Å². The molecule has 0 amide bonds. The molecule has 14 heavy (non-hydrogen) atoms. The van der Waals surface area contributed by atoms with Crippen molar-refractivity contribution in [3.63, 3.8) is 0 Å². The molecule has 0 aromatic heterocycles. The number of hydrogen-bond donors (Lipinski definition) is 0. The van der Waals surface area contributed by atoms with Crippen molar-refractivity contribution in [2.24, 2.45) is 0 Å². The molecule has 1 nitrogen and oxygen atoms in total. The average molecular weight is 194 g/mol. The summed E-state index contributed by atoms with van der Waals surface area (Å²) in [5.41, 5.74) is 2.09. The van der Waals surface area contributed by atoms with Crippen molar-refractivity contribution in [2.45, 2.75) is 32.6 Å². The predicted molar refractivity (Wildman–Crippen MR) is 54.3 cm³/mol. The van der Waals surface area contributed by atoms with Crippen LogP contribution in [0.15, 0.2) is 12.1 Å². The molecule has 76 valence electrons. The molecule has 0 N–H and O–H groups in total. The van der Waals surface area contributed by atoms with E-state index in [0.717, 1.165) is 24.0 Å². The molecule has 2 heteroatoms. The molecule has 0 saturated heterocycles. The van der Waals surface area contributed by atoms with Crippen molar-refractivity contribution in [3.8, 4) is 5.75 Å². The van der Waals surface area contributed by atoms with E-state index in [-0.39, 0.29) is 5.82 Å². The third-order valence-corrected chi connectivity index (χ3v) is 2.65. The zero-order valence-corrected chi connectivity index (χ0v) is 8.64. The molecule has 1 aliphatic heterocycles. The Morgan fingerprint density at radius 2 is 2.14 bits per heavy atom. The van der Waals surface area contributed by atoms with Gasteiger partial charge in [-0.25, -0.2) is 4.39 Å². The second-order valence-corrected chi connectivity index (χ2v) is 4.10. The summed E-state index contributed by atoms with van der Waals surface area (Å²) in [7, 11) is 0. The van der Waals surface area contributed by atoms with Gasteiger partial charge in [0.1, 0.15) is 0 Å². The maximum atomic E-state index is 13.6. The summed E-state index contributed by atoms with van der Waals surface area (Å²) in [6.07, 6.45) is 1.93. The summed E-state index contributed by atoms with van der Waals surface area (Å²) in [5.74, 6) is 0.642. The van der Waals surface area contributed by atoms with E-state index in [2.05, 4.69) is 19.9 Å². The highest BCUT2D eigenvalue weighted by molar-refractivity contribution is 5.40. The number of ether oxygens (including phenoxy) is 1. The Morgan fingerprint density at radius 3 is 2.86 bits per heavy atom. The Labute approximate surface area is 83.9 Å². The highest BCUT2D eigenvalue weighted by atomic mass is 19.1. The average Bonchev–Trinajstić information content (AvgIpc) is 2.17. The maximum Gasteiger partial charge on any atom is 0.165 e. The molecule has 0 fully saturated rings. The Morgan fingerprint density at radius 1 is 1.36 bits per heavy atom. The van der Waals surface area contributed by atoms with Gasteiger partial charge in [-0.15, -0.1) is 0 Å². The summed E-state index contributed by atoms with van der Waals surface area (Å²) in [4.78, 5) is 0. The Balaban J connectivity index is 2.46. The van der Waals surface area contributed by atoms with Crippen LogP contribution in [0.25, 0.3) is 0 Å². The van der Waals surface area contributed by atoms with E-state index < -0.39 is 0 Å². The summed E-state index contributed by atoms with van der Waals surface area (Å²) in [5, 5.41) is 0. The SMILES string of the molecule is CC(C)c1cc(F)c2c(c1)CCCO2. The van der Waals surface area contributed by atoms with Crippen LogP contribution in [0, 0.1) is 5.82 Å². The van der Waals surface area contributed by atoms with Gasteiger partial charge in [0.2, 0.25) is 0 Å². The lowest BCUT2D eigenvalue weighted by Gasteiger charge is -2.19. The molecule has 1 aromatic rings. The van der Waals surface area contributed by atoms with Crippen LogP contribution in [0.1, 0.15) is 37.3 Å². The van der Waals surface area contributed by atoms with E-state index in [4.69, 9.17) is 4.74 Å². The molecule has 2 rings (SSSR count). The van der Waals surface area contributed by atoms with Gasteiger partial charge in [0, 0.05) is 0 Å². The van der Waals surface area contributed by atoms with E-state index >= 15 is 0 Å². The zero-order valence-electron chi connectivity index (χ0n) is 8.64. The van der Waals surface area contributed by atoms with Gasteiger partial charge in [0.15, 0.2) is 11.6 Å².